The van der Waals surface area contributed by atoms with Crippen molar-refractivity contribution in [2.24, 2.45) is 5.92 Å². The maximum atomic E-state index is 4.89. The molecule has 1 aromatic rings. The molecule has 0 radical (unpaired) electrons. The van der Waals surface area contributed by atoms with Gasteiger partial charge in [0.2, 0.25) is 0 Å². The van der Waals surface area contributed by atoms with E-state index in [4.69, 9.17) is 4.98 Å². The third-order valence-corrected chi connectivity index (χ3v) is 3.34. The van der Waals surface area contributed by atoms with Gasteiger partial charge in [-0.25, -0.2) is 4.98 Å². The lowest BCUT2D eigenvalue weighted by atomic mass is 10.1. The quantitative estimate of drug-likeness (QED) is 0.822. The third-order valence-electron chi connectivity index (χ3n) is 3.34. The molecule has 0 spiro atoms. The van der Waals surface area contributed by atoms with Crippen LogP contribution in [0.3, 0.4) is 0 Å². The highest BCUT2D eigenvalue weighted by Gasteiger charge is 2.16. The molecule has 1 rings (SSSR count). The van der Waals surface area contributed by atoms with E-state index in [9.17, 15) is 0 Å². The van der Waals surface area contributed by atoms with Crippen molar-refractivity contribution < 1.29 is 0 Å². The molecule has 1 N–H and O–H groups in total. The van der Waals surface area contributed by atoms with Gasteiger partial charge in [-0.2, -0.15) is 0 Å². The van der Waals surface area contributed by atoms with Crippen LogP contribution in [-0.2, 0) is 6.54 Å². The van der Waals surface area contributed by atoms with Crippen LogP contribution in [-0.4, -0.2) is 24.6 Å². The molecule has 0 aliphatic heterocycles. The molecule has 0 saturated carbocycles. The van der Waals surface area contributed by atoms with Crippen molar-refractivity contribution in [3.8, 4) is 0 Å². The smallest absolute Gasteiger partial charge is 0.129 e. The van der Waals surface area contributed by atoms with Crippen LogP contribution >= 0.6 is 0 Å². The summed E-state index contributed by atoms with van der Waals surface area (Å²) >= 11 is 0. The van der Waals surface area contributed by atoms with Crippen LogP contribution in [0.25, 0.3) is 0 Å². The van der Waals surface area contributed by atoms with E-state index in [2.05, 4.69) is 63.9 Å². The van der Waals surface area contributed by atoms with E-state index in [0.29, 0.717) is 17.9 Å². The van der Waals surface area contributed by atoms with Crippen LogP contribution in [0.15, 0.2) is 12.1 Å². The van der Waals surface area contributed by atoms with Gasteiger partial charge < -0.3 is 10.2 Å². The molecule has 0 saturated heterocycles. The number of rotatable bonds is 7. The molecule has 0 aliphatic carbocycles. The van der Waals surface area contributed by atoms with Gasteiger partial charge in [0, 0.05) is 24.8 Å². The van der Waals surface area contributed by atoms with Gasteiger partial charge in [-0.3, -0.25) is 0 Å². The molecule has 0 fully saturated rings. The summed E-state index contributed by atoms with van der Waals surface area (Å²) in [7, 11) is 1.99. The summed E-state index contributed by atoms with van der Waals surface area (Å²) in [4.78, 5) is 7.30. The second-order valence-electron chi connectivity index (χ2n) is 6.58. The molecule has 0 amide bonds. The summed E-state index contributed by atoms with van der Waals surface area (Å²) in [6, 6.07) is 4.92. The zero-order valence-corrected chi connectivity index (χ0v) is 14.2. The van der Waals surface area contributed by atoms with E-state index >= 15 is 0 Å². The summed E-state index contributed by atoms with van der Waals surface area (Å²) in [5.41, 5.74) is 2.50. The van der Waals surface area contributed by atoms with Crippen LogP contribution in [0.5, 0.6) is 0 Å². The first-order valence-electron chi connectivity index (χ1n) is 7.77. The van der Waals surface area contributed by atoms with Crippen molar-refractivity contribution in [3.63, 3.8) is 0 Å². The Morgan fingerprint density at radius 1 is 1.10 bits per heavy atom. The van der Waals surface area contributed by atoms with E-state index in [1.165, 1.54) is 11.3 Å². The van der Waals surface area contributed by atoms with Gasteiger partial charge in [-0.15, -0.1) is 0 Å². The minimum absolute atomic E-state index is 0.457. The Bertz CT molecular complexity index is 411. The summed E-state index contributed by atoms with van der Waals surface area (Å²) in [5, 5.41) is 3.24. The van der Waals surface area contributed by atoms with Gasteiger partial charge in [0.25, 0.3) is 0 Å². The first-order valence-corrected chi connectivity index (χ1v) is 7.77. The standard InChI is InChI=1S/C17H31N3/c1-12(2)11-20(14(5)6)17-9-15(10-18-7)8-16(19-17)13(3)4/h8-9,12-14,18H,10-11H2,1-7H3. The molecule has 0 bridgehead atoms. The third kappa shape index (κ3) is 4.78. The number of nitrogens with zero attached hydrogens (tertiary/aromatic N) is 2. The molecule has 0 aliphatic rings. The monoisotopic (exact) mass is 277 g/mol. The fourth-order valence-corrected chi connectivity index (χ4v) is 2.31. The van der Waals surface area contributed by atoms with Crippen LogP contribution in [0.4, 0.5) is 5.82 Å². The molecule has 0 unspecified atom stereocenters. The molecule has 1 aromatic heterocycles. The number of hydrogen-bond donors (Lipinski definition) is 1. The van der Waals surface area contributed by atoms with Gasteiger partial charge in [0.1, 0.15) is 5.82 Å². The van der Waals surface area contributed by atoms with Crippen LogP contribution < -0.4 is 10.2 Å². The number of aromatic nitrogens is 1. The SMILES string of the molecule is CNCc1cc(C(C)C)nc(N(CC(C)C)C(C)C)c1. The fraction of sp³-hybridized carbons (Fsp3) is 0.706. The highest BCUT2D eigenvalue weighted by atomic mass is 15.2. The molecular formula is C17H31N3. The van der Waals surface area contributed by atoms with Gasteiger partial charge >= 0.3 is 0 Å². The van der Waals surface area contributed by atoms with Crippen molar-refractivity contribution in [2.45, 2.75) is 60.0 Å². The predicted octanol–water partition coefficient (Wildman–Crippen LogP) is 3.80. The summed E-state index contributed by atoms with van der Waals surface area (Å²) in [6.45, 7) is 15.4. The van der Waals surface area contributed by atoms with Crippen molar-refractivity contribution in [1.29, 1.82) is 0 Å². The van der Waals surface area contributed by atoms with Crippen LogP contribution in [0.2, 0.25) is 0 Å². The fourth-order valence-electron chi connectivity index (χ4n) is 2.31. The number of hydrogen-bond acceptors (Lipinski definition) is 3. The Morgan fingerprint density at radius 2 is 1.75 bits per heavy atom. The first-order chi connectivity index (χ1) is 9.35. The molecule has 114 valence electrons. The second kappa shape index (κ2) is 7.63. The Balaban J connectivity index is 3.18. The molecule has 20 heavy (non-hydrogen) atoms. The predicted molar refractivity (Wildman–Crippen MR) is 88.4 cm³/mol. The second-order valence-corrected chi connectivity index (χ2v) is 6.58. The van der Waals surface area contributed by atoms with E-state index in [0.717, 1.165) is 18.9 Å². The molecule has 1 heterocycles. The van der Waals surface area contributed by atoms with Crippen LogP contribution in [0, 0.1) is 5.92 Å². The minimum atomic E-state index is 0.457. The van der Waals surface area contributed by atoms with Crippen molar-refractivity contribution >= 4 is 5.82 Å². The minimum Gasteiger partial charge on any atom is -0.354 e. The first kappa shape index (κ1) is 17.0. The Morgan fingerprint density at radius 3 is 2.20 bits per heavy atom. The maximum Gasteiger partial charge on any atom is 0.129 e. The van der Waals surface area contributed by atoms with Crippen molar-refractivity contribution in [1.82, 2.24) is 10.3 Å². The van der Waals surface area contributed by atoms with Gasteiger partial charge in [0.15, 0.2) is 0 Å². The van der Waals surface area contributed by atoms with Gasteiger partial charge in [-0.1, -0.05) is 27.7 Å². The number of anilines is 1. The van der Waals surface area contributed by atoms with Gasteiger partial charge in [-0.05, 0) is 50.4 Å². The summed E-state index contributed by atoms with van der Waals surface area (Å²) in [5.74, 6) is 2.21. The van der Waals surface area contributed by atoms with Crippen molar-refractivity contribution in [3.05, 3.63) is 23.4 Å². The lowest BCUT2D eigenvalue weighted by Crippen LogP contribution is -2.35. The highest BCUT2D eigenvalue weighted by molar-refractivity contribution is 5.44. The number of nitrogens with one attached hydrogen (secondary N) is 1. The van der Waals surface area contributed by atoms with E-state index in [-0.39, 0.29) is 0 Å². The Kier molecular flexibility index (Phi) is 6.47. The average molecular weight is 277 g/mol. The van der Waals surface area contributed by atoms with E-state index < -0.39 is 0 Å². The molecule has 0 atom stereocenters. The number of pyridine rings is 1. The highest BCUT2D eigenvalue weighted by Crippen LogP contribution is 2.22. The Labute approximate surface area is 124 Å². The Hall–Kier alpha value is -1.09. The van der Waals surface area contributed by atoms with E-state index in [1.54, 1.807) is 0 Å². The molecule has 3 heteroatoms. The lowest BCUT2D eigenvalue weighted by molar-refractivity contribution is 0.564. The lowest BCUT2D eigenvalue weighted by Gasteiger charge is -2.30. The van der Waals surface area contributed by atoms with Crippen molar-refractivity contribution in [2.75, 3.05) is 18.5 Å². The zero-order valence-electron chi connectivity index (χ0n) is 14.2. The zero-order chi connectivity index (χ0) is 15.3. The largest absolute Gasteiger partial charge is 0.354 e. The molecule has 3 nitrogen and oxygen atoms in total. The molecule has 0 aromatic carbocycles. The van der Waals surface area contributed by atoms with Crippen LogP contribution in [0.1, 0.15) is 58.7 Å². The van der Waals surface area contributed by atoms with E-state index in [1.807, 2.05) is 7.05 Å². The normalized spacial score (nSPS) is 11.7. The summed E-state index contributed by atoms with van der Waals surface area (Å²) < 4.78 is 0. The summed E-state index contributed by atoms with van der Waals surface area (Å²) in [6.07, 6.45) is 0. The average Bonchev–Trinajstić information content (AvgIpc) is 2.35. The van der Waals surface area contributed by atoms with Gasteiger partial charge in [0.05, 0.1) is 0 Å². The maximum absolute atomic E-state index is 4.89. The molecular weight excluding hydrogens is 246 g/mol. The topological polar surface area (TPSA) is 28.2 Å².